The van der Waals surface area contributed by atoms with Crippen LogP contribution in [-0.4, -0.2) is 70.9 Å². The van der Waals surface area contributed by atoms with Gasteiger partial charge < -0.3 is 24.8 Å². The van der Waals surface area contributed by atoms with E-state index in [1.165, 1.54) is 4.90 Å². The molecule has 0 saturated carbocycles. The van der Waals surface area contributed by atoms with Crippen LogP contribution in [-0.2, 0) is 19.1 Å². The van der Waals surface area contributed by atoms with Crippen molar-refractivity contribution in [3.05, 3.63) is 54.4 Å². The van der Waals surface area contributed by atoms with Gasteiger partial charge in [-0.15, -0.1) is 0 Å². The fourth-order valence-corrected chi connectivity index (χ4v) is 3.71. The van der Waals surface area contributed by atoms with Crippen molar-refractivity contribution in [3.63, 3.8) is 0 Å². The van der Waals surface area contributed by atoms with Crippen LogP contribution in [0, 0.1) is 0 Å². The van der Waals surface area contributed by atoms with Gasteiger partial charge in [-0.25, -0.2) is 4.79 Å². The van der Waals surface area contributed by atoms with Gasteiger partial charge in [0.1, 0.15) is 11.7 Å². The number of carboxylic acid groups (broad SMARTS) is 1. The highest BCUT2D eigenvalue weighted by Gasteiger charge is 2.52. The van der Waals surface area contributed by atoms with Crippen molar-refractivity contribution in [2.45, 2.75) is 18.2 Å². The average Bonchev–Trinajstić information content (AvgIpc) is 3.40. The Hall–Kier alpha value is -3.30. The number of aromatic nitrogens is 1. The zero-order valence-electron chi connectivity index (χ0n) is 16.1. The molecule has 1 aromatic heterocycles. The van der Waals surface area contributed by atoms with E-state index >= 15 is 0 Å². The second-order valence-corrected chi connectivity index (χ2v) is 7.17. The van der Waals surface area contributed by atoms with Gasteiger partial charge >= 0.3 is 5.97 Å². The molecule has 1 aromatic carbocycles. The van der Waals surface area contributed by atoms with Crippen LogP contribution in [0.5, 0.6) is 0 Å². The highest BCUT2D eigenvalue weighted by molar-refractivity contribution is 5.95. The van der Waals surface area contributed by atoms with Crippen LogP contribution < -0.4 is 5.32 Å². The molecule has 2 aliphatic rings. The molecule has 3 heterocycles. The summed E-state index contributed by atoms with van der Waals surface area (Å²) < 4.78 is 11.1. The zero-order chi connectivity index (χ0) is 21.1. The maximum Gasteiger partial charge on any atom is 0.326 e. The summed E-state index contributed by atoms with van der Waals surface area (Å²) in [4.78, 5) is 41.9. The van der Waals surface area contributed by atoms with E-state index in [2.05, 4.69) is 10.3 Å². The summed E-state index contributed by atoms with van der Waals surface area (Å²) >= 11 is 0. The predicted octanol–water partition coefficient (Wildman–Crippen LogP) is 0.907. The molecule has 2 saturated heterocycles. The summed E-state index contributed by atoms with van der Waals surface area (Å²) in [6.45, 7) is 0.384. The van der Waals surface area contributed by atoms with Crippen LogP contribution in [0.4, 0.5) is 0 Å². The van der Waals surface area contributed by atoms with Gasteiger partial charge in [-0.1, -0.05) is 36.4 Å². The van der Waals surface area contributed by atoms with E-state index in [1.807, 2.05) is 30.3 Å². The van der Waals surface area contributed by atoms with E-state index in [0.717, 1.165) is 11.1 Å². The molecular formula is C21H21N3O6. The number of amides is 2. The molecule has 2 aromatic rings. The molecule has 156 valence electrons. The Labute approximate surface area is 172 Å². The number of carbonyl (C=O) groups excluding carboxylic acids is 2. The largest absolute Gasteiger partial charge is 0.480 e. The summed E-state index contributed by atoms with van der Waals surface area (Å²) in [7, 11) is 0. The van der Waals surface area contributed by atoms with Crippen LogP contribution in [0.3, 0.4) is 0 Å². The SMILES string of the molecule is O=C(NCC(=O)N1CC2(CC1C(=O)O)OCCO2)c1ccc(-c2ccccc2)cn1. The first kappa shape index (κ1) is 20.0. The third-order valence-corrected chi connectivity index (χ3v) is 5.21. The highest BCUT2D eigenvalue weighted by Crippen LogP contribution is 2.34. The molecule has 2 N–H and O–H groups in total. The first-order valence-corrected chi connectivity index (χ1v) is 9.57. The van der Waals surface area contributed by atoms with Crippen molar-refractivity contribution in [1.82, 2.24) is 15.2 Å². The maximum atomic E-state index is 12.6. The number of hydrogen-bond acceptors (Lipinski definition) is 6. The number of nitrogens with one attached hydrogen (secondary N) is 1. The topological polar surface area (TPSA) is 118 Å². The zero-order valence-corrected chi connectivity index (χ0v) is 16.1. The second kappa shape index (κ2) is 8.21. The average molecular weight is 411 g/mol. The minimum absolute atomic E-state index is 0.0166. The molecule has 1 spiro atoms. The minimum Gasteiger partial charge on any atom is -0.480 e. The van der Waals surface area contributed by atoms with Crippen LogP contribution in [0.2, 0.25) is 0 Å². The number of hydrogen-bond donors (Lipinski definition) is 2. The van der Waals surface area contributed by atoms with Crippen molar-refractivity contribution >= 4 is 17.8 Å². The van der Waals surface area contributed by atoms with E-state index in [9.17, 15) is 19.5 Å². The van der Waals surface area contributed by atoms with E-state index in [1.54, 1.807) is 18.3 Å². The van der Waals surface area contributed by atoms with Gasteiger partial charge in [0.15, 0.2) is 5.79 Å². The molecular weight excluding hydrogens is 390 g/mol. The van der Waals surface area contributed by atoms with E-state index in [0.29, 0.717) is 13.2 Å². The maximum absolute atomic E-state index is 12.6. The van der Waals surface area contributed by atoms with Crippen LogP contribution >= 0.6 is 0 Å². The number of carbonyl (C=O) groups is 3. The lowest BCUT2D eigenvalue weighted by Crippen LogP contribution is -2.46. The van der Waals surface area contributed by atoms with E-state index < -0.39 is 29.6 Å². The molecule has 2 aliphatic heterocycles. The Kier molecular flexibility index (Phi) is 5.47. The monoisotopic (exact) mass is 411 g/mol. The van der Waals surface area contributed by atoms with Crippen LogP contribution in [0.25, 0.3) is 11.1 Å². The van der Waals surface area contributed by atoms with Crippen molar-refractivity contribution < 1.29 is 29.0 Å². The Balaban J connectivity index is 1.37. The first-order valence-electron chi connectivity index (χ1n) is 9.57. The number of likely N-dealkylation sites (tertiary alicyclic amines) is 1. The van der Waals surface area contributed by atoms with Crippen LogP contribution in [0.1, 0.15) is 16.9 Å². The van der Waals surface area contributed by atoms with Crippen molar-refractivity contribution in [1.29, 1.82) is 0 Å². The molecule has 30 heavy (non-hydrogen) atoms. The van der Waals surface area contributed by atoms with Gasteiger partial charge in [0.25, 0.3) is 5.91 Å². The van der Waals surface area contributed by atoms with Crippen LogP contribution in [0.15, 0.2) is 48.7 Å². The number of ether oxygens (including phenoxy) is 2. The van der Waals surface area contributed by atoms with Gasteiger partial charge in [0, 0.05) is 18.2 Å². The lowest BCUT2D eigenvalue weighted by atomic mass is 10.1. The molecule has 0 bridgehead atoms. The molecule has 1 unspecified atom stereocenters. The van der Waals surface area contributed by atoms with Gasteiger partial charge in [-0.2, -0.15) is 0 Å². The van der Waals surface area contributed by atoms with Gasteiger partial charge in [0.2, 0.25) is 5.91 Å². The number of benzene rings is 1. The number of rotatable bonds is 5. The molecule has 4 rings (SSSR count). The molecule has 2 fully saturated rings. The minimum atomic E-state index is -1.14. The number of nitrogens with zero attached hydrogens (tertiary/aromatic N) is 2. The number of carboxylic acids is 1. The molecule has 0 aliphatic carbocycles. The number of aliphatic carboxylic acids is 1. The highest BCUT2D eigenvalue weighted by atomic mass is 16.7. The Bertz CT molecular complexity index is 941. The summed E-state index contributed by atoms with van der Waals surface area (Å²) in [5.74, 6) is -3.24. The van der Waals surface area contributed by atoms with Gasteiger partial charge in [-0.05, 0) is 11.6 Å². The van der Waals surface area contributed by atoms with Crippen molar-refractivity contribution in [2.24, 2.45) is 0 Å². The molecule has 2 amide bonds. The second-order valence-electron chi connectivity index (χ2n) is 7.17. The standard InChI is InChI=1S/C21H21N3O6/c25-18(24-13-21(29-8-9-30-21)10-17(24)20(27)28)12-23-19(26)16-7-6-15(11-22-16)14-4-2-1-3-5-14/h1-7,11,17H,8-10,12-13H2,(H,23,26)(H,27,28). The Morgan fingerprint density at radius 2 is 1.83 bits per heavy atom. The summed E-state index contributed by atoms with van der Waals surface area (Å²) in [5.41, 5.74) is 2.01. The quantitative estimate of drug-likeness (QED) is 0.751. The fourth-order valence-electron chi connectivity index (χ4n) is 3.71. The molecule has 1 atom stereocenters. The fraction of sp³-hybridized carbons (Fsp3) is 0.333. The first-order chi connectivity index (χ1) is 14.5. The normalized spacial score (nSPS) is 19.7. The lowest BCUT2D eigenvalue weighted by molar-refractivity contribution is -0.152. The van der Waals surface area contributed by atoms with E-state index in [-0.39, 0.29) is 25.2 Å². The smallest absolute Gasteiger partial charge is 0.326 e. The van der Waals surface area contributed by atoms with E-state index in [4.69, 9.17) is 9.47 Å². The van der Waals surface area contributed by atoms with Gasteiger partial charge in [0.05, 0.1) is 26.3 Å². The molecule has 0 radical (unpaired) electrons. The Morgan fingerprint density at radius 1 is 1.10 bits per heavy atom. The van der Waals surface area contributed by atoms with Crippen molar-refractivity contribution in [2.75, 3.05) is 26.3 Å². The third kappa shape index (κ3) is 4.03. The van der Waals surface area contributed by atoms with Crippen molar-refractivity contribution in [3.8, 4) is 11.1 Å². The lowest BCUT2D eigenvalue weighted by Gasteiger charge is -2.23. The molecule has 9 heteroatoms. The third-order valence-electron chi connectivity index (χ3n) is 5.21. The molecule has 9 nitrogen and oxygen atoms in total. The summed E-state index contributed by atoms with van der Waals surface area (Å²) in [6.07, 6.45) is 1.65. The Morgan fingerprint density at radius 3 is 2.47 bits per heavy atom. The summed E-state index contributed by atoms with van der Waals surface area (Å²) in [5, 5.41) is 12.0. The summed E-state index contributed by atoms with van der Waals surface area (Å²) in [6, 6.07) is 11.9. The van der Waals surface area contributed by atoms with Gasteiger partial charge in [-0.3, -0.25) is 14.6 Å². The predicted molar refractivity (Wildman–Crippen MR) is 104 cm³/mol. The number of pyridine rings is 1.